The molecule has 0 aromatic heterocycles. The van der Waals surface area contributed by atoms with Crippen molar-refractivity contribution in [3.8, 4) is 0 Å². The van der Waals surface area contributed by atoms with Crippen LogP contribution in [0.25, 0.3) is 0 Å². The van der Waals surface area contributed by atoms with Crippen molar-refractivity contribution in [1.82, 2.24) is 0 Å². The van der Waals surface area contributed by atoms with Gasteiger partial charge in [0.1, 0.15) is 0 Å². The fraction of sp³-hybridized carbons (Fsp3) is 0. The van der Waals surface area contributed by atoms with Crippen LogP contribution in [-0.4, -0.2) is 31.7 Å². The van der Waals surface area contributed by atoms with E-state index in [1.54, 1.807) is 0 Å². The van der Waals surface area contributed by atoms with Gasteiger partial charge in [0, 0.05) is 0 Å². The van der Waals surface area contributed by atoms with E-state index in [0.29, 0.717) is 0 Å². The number of phosphoric acid groups is 1. The van der Waals surface area contributed by atoms with E-state index in [1.807, 2.05) is 0 Å². The molecule has 0 aliphatic carbocycles. The Morgan fingerprint density at radius 1 is 1.45 bits per heavy atom. The van der Waals surface area contributed by atoms with E-state index in [2.05, 4.69) is 4.21 Å². The Morgan fingerprint density at radius 2 is 1.55 bits per heavy atom. The van der Waals surface area contributed by atoms with Crippen LogP contribution in [0.1, 0.15) is 1.43 Å². The Balaban J connectivity index is -0.0000000483. The molecular weight excluding hydrogens is 279 g/mol. The summed E-state index contributed by atoms with van der Waals surface area (Å²) in [4.78, 5) is 15.5. The van der Waals surface area contributed by atoms with Gasteiger partial charge in [0.05, 0.1) is 0 Å². The first-order valence-corrected chi connectivity index (χ1v) is 9.41. The van der Waals surface area contributed by atoms with Crippen molar-refractivity contribution >= 4 is 59.8 Å². The monoisotopic (exact) mass is 284 g/mol. The first-order valence-electron chi connectivity index (χ1n) is 1.83. The second-order valence-corrected chi connectivity index (χ2v) is 9.80. The summed E-state index contributed by atoms with van der Waals surface area (Å²) in [5, 5.41) is 0. The van der Waals surface area contributed by atoms with Crippen molar-refractivity contribution in [3.05, 3.63) is 0 Å². The molecule has 64 valence electrons. The molecule has 0 heterocycles. The van der Waals surface area contributed by atoms with Crippen LogP contribution in [0.3, 0.4) is 0 Å². The quantitative estimate of drug-likeness (QED) is 0.403. The molecule has 4 nitrogen and oxygen atoms in total. The summed E-state index contributed by atoms with van der Waals surface area (Å²) < 4.78 is 13.2. The zero-order chi connectivity index (χ0) is 8.78. The van der Waals surface area contributed by atoms with Crippen LogP contribution in [0.4, 0.5) is 0 Å². The Labute approximate surface area is 108 Å². The van der Waals surface area contributed by atoms with Gasteiger partial charge in [0.15, 0.2) is 10.5 Å². The molecule has 0 saturated carbocycles. The SMILES string of the molecule is O=P(O)(O)O[SiH3].[Cl][Al]([Cl])[Cl].[H-].[Na+]. The Bertz CT molecular complexity index is 120. The van der Waals surface area contributed by atoms with E-state index >= 15 is 0 Å². The van der Waals surface area contributed by atoms with E-state index in [4.69, 9.17) is 39.9 Å². The molecule has 0 saturated heterocycles. The molecule has 0 bridgehead atoms. The van der Waals surface area contributed by atoms with Crippen LogP contribution in [0.2, 0.25) is 0 Å². The average Bonchev–Trinajstić information content (AvgIpc) is 1.63. The van der Waals surface area contributed by atoms with Crippen molar-refractivity contribution in [1.29, 1.82) is 0 Å². The Morgan fingerprint density at radius 3 is 1.55 bits per heavy atom. The first-order chi connectivity index (χ1) is 4.29. The van der Waals surface area contributed by atoms with E-state index in [0.717, 1.165) is 0 Å². The maximum Gasteiger partial charge on any atom is 1.00 e. The van der Waals surface area contributed by atoms with E-state index in [-0.39, 0.29) is 41.5 Å². The summed E-state index contributed by atoms with van der Waals surface area (Å²) >= 11 is -1.72. The standard InChI is InChI=1S/Al.3ClH.Na.H5O4PSi.H/c;;;;;1-5(2,3)4-6;/h;3*1H;;6H3,(H2,1,2,3);/q+3;;;;+1;;-1/p-3. The maximum absolute atomic E-state index is 9.51. The van der Waals surface area contributed by atoms with Gasteiger partial charge in [-0.2, -0.15) is 0 Å². The van der Waals surface area contributed by atoms with E-state index in [9.17, 15) is 4.57 Å². The molecule has 0 aliphatic rings. The molecule has 0 fully saturated rings. The van der Waals surface area contributed by atoms with Gasteiger partial charge in [-0.15, -0.1) is 0 Å². The minimum absolute atomic E-state index is 0. The summed E-state index contributed by atoms with van der Waals surface area (Å²) in [7, 11) is 10.8. The fourth-order valence-corrected chi connectivity index (χ4v) is 0. The third-order valence-corrected chi connectivity index (χ3v) is 2.14. The van der Waals surface area contributed by atoms with Crippen molar-refractivity contribution in [2.45, 2.75) is 0 Å². The van der Waals surface area contributed by atoms with Crippen molar-refractivity contribution in [2.24, 2.45) is 0 Å². The van der Waals surface area contributed by atoms with Crippen molar-refractivity contribution in [3.63, 3.8) is 0 Å². The minimum atomic E-state index is -4.08. The molecule has 0 aromatic carbocycles. The largest absolute Gasteiger partial charge is 1.00 e. The Kier molecular flexibility index (Phi) is 19.0. The van der Waals surface area contributed by atoms with Gasteiger partial charge < -0.3 is 15.4 Å². The number of halogens is 3. The number of rotatable bonds is 1. The second-order valence-electron chi connectivity index (χ2n) is 0.921. The van der Waals surface area contributed by atoms with Crippen LogP contribution in [0, 0.1) is 0 Å². The predicted molar refractivity (Wildman–Crippen MR) is 47.5 cm³/mol. The average molecular weight is 285 g/mol. The summed E-state index contributed by atoms with van der Waals surface area (Å²) in [5.41, 5.74) is 0. The number of hydrogen-bond donors (Lipinski definition) is 2. The van der Waals surface area contributed by atoms with E-state index in [1.165, 1.54) is 0 Å². The topological polar surface area (TPSA) is 66.8 Å². The molecule has 0 unspecified atom stereocenters. The molecule has 0 spiro atoms. The van der Waals surface area contributed by atoms with Crippen LogP contribution in [-0.2, 0) is 8.78 Å². The third kappa shape index (κ3) is 44.6. The second kappa shape index (κ2) is 10.8. The zero-order valence-electron chi connectivity index (χ0n) is 6.87. The molecule has 0 amide bonds. The molecule has 0 aliphatic heterocycles. The molecule has 0 aromatic rings. The van der Waals surface area contributed by atoms with Gasteiger partial charge in [0.25, 0.3) is 0 Å². The van der Waals surface area contributed by atoms with Gasteiger partial charge in [0.2, 0.25) is 0 Å². The molecule has 0 atom stereocenters. The normalized spacial score (nSPS) is 9.18. The van der Waals surface area contributed by atoms with Gasteiger partial charge in [-0.1, -0.05) is 0 Å². The third-order valence-electron chi connectivity index (χ3n) is 0.238. The fourth-order valence-electron chi connectivity index (χ4n) is 0. The molecular formula is H6AlCl3NaO4PSi. The molecule has 2 N–H and O–H groups in total. The maximum atomic E-state index is 9.51. The van der Waals surface area contributed by atoms with Gasteiger partial charge in [-0.05, 0) is 0 Å². The van der Waals surface area contributed by atoms with Crippen molar-refractivity contribution < 1.29 is 49.5 Å². The van der Waals surface area contributed by atoms with E-state index < -0.39 is 19.2 Å². The minimum Gasteiger partial charge on any atom is -1.00 e. The summed E-state index contributed by atoms with van der Waals surface area (Å²) in [5.74, 6) is 0. The zero-order valence-corrected chi connectivity index (χ0v) is 14.2. The number of hydrogen-bond acceptors (Lipinski definition) is 2. The van der Waals surface area contributed by atoms with Crippen LogP contribution in [0.5, 0.6) is 0 Å². The van der Waals surface area contributed by atoms with Crippen LogP contribution < -0.4 is 29.6 Å². The van der Waals surface area contributed by atoms with Crippen LogP contribution >= 0.6 is 38.0 Å². The summed E-state index contributed by atoms with van der Waals surface area (Å²) in [6.45, 7) is 0. The summed E-state index contributed by atoms with van der Waals surface area (Å²) in [6, 6.07) is 0. The smallest absolute Gasteiger partial charge is 1.00 e. The summed E-state index contributed by atoms with van der Waals surface area (Å²) in [6.07, 6.45) is 0. The van der Waals surface area contributed by atoms with Gasteiger partial charge in [-0.25, -0.2) is 34.7 Å². The first kappa shape index (κ1) is 19.3. The predicted octanol–water partition coefficient (Wildman–Crippen LogP) is -2.82. The van der Waals surface area contributed by atoms with Crippen molar-refractivity contribution in [2.75, 3.05) is 0 Å². The van der Waals surface area contributed by atoms with Crippen LogP contribution in [0.15, 0.2) is 0 Å². The van der Waals surface area contributed by atoms with Gasteiger partial charge >= 0.3 is 48.8 Å². The molecule has 0 radical (unpaired) electrons. The Hall–Kier alpha value is 2.73. The molecule has 11 heavy (non-hydrogen) atoms. The molecule has 0 rings (SSSR count). The molecule has 11 heteroatoms. The van der Waals surface area contributed by atoms with Gasteiger partial charge in [-0.3, -0.25) is 0 Å².